The first kappa shape index (κ1) is 19.8. The summed E-state index contributed by atoms with van der Waals surface area (Å²) in [6.45, 7) is 2.92. The number of hydrogen-bond donors (Lipinski definition) is 0. The number of piperazine rings is 1. The summed E-state index contributed by atoms with van der Waals surface area (Å²) >= 11 is 1.61. The van der Waals surface area contributed by atoms with E-state index < -0.39 is 0 Å². The van der Waals surface area contributed by atoms with E-state index in [4.69, 9.17) is 4.98 Å². The second kappa shape index (κ2) is 8.51. The first-order valence-corrected chi connectivity index (χ1v) is 11.3. The van der Waals surface area contributed by atoms with Gasteiger partial charge in [-0.3, -0.25) is 9.20 Å². The second-order valence-corrected chi connectivity index (χ2v) is 8.55. The fourth-order valence-corrected chi connectivity index (χ4v) is 4.92. The predicted octanol–water partition coefficient (Wildman–Crippen LogP) is 4.48. The van der Waals surface area contributed by atoms with Crippen LogP contribution in [0.5, 0.6) is 0 Å². The molecule has 158 valence electrons. The van der Waals surface area contributed by atoms with Crippen molar-refractivity contribution in [2.24, 2.45) is 0 Å². The van der Waals surface area contributed by atoms with Crippen molar-refractivity contribution >= 4 is 27.9 Å². The van der Waals surface area contributed by atoms with Crippen LogP contribution in [0.25, 0.3) is 16.2 Å². The maximum Gasteiger partial charge on any atom is 0.223 e. The van der Waals surface area contributed by atoms with Crippen molar-refractivity contribution in [3.05, 3.63) is 77.7 Å². The normalized spacial score (nSPS) is 14.4. The van der Waals surface area contributed by atoms with Crippen LogP contribution < -0.4 is 4.90 Å². The van der Waals surface area contributed by atoms with Gasteiger partial charge in [-0.15, -0.1) is 11.3 Å². The van der Waals surface area contributed by atoms with E-state index in [2.05, 4.69) is 33.0 Å². The Labute approximate surface area is 184 Å². The van der Waals surface area contributed by atoms with Gasteiger partial charge in [-0.1, -0.05) is 30.3 Å². The molecule has 7 heteroatoms. The number of nitrogens with zero attached hydrogens (tertiary/aromatic N) is 4. The standard InChI is InChI=1S/C24H23FN4OS/c25-19-6-8-20(9-7-19)27-12-14-28(15-13-27)23(30)11-10-21-17-31-24-26-22(16-29(21)24)18-4-2-1-3-5-18/h1-9,16-17H,10-15H2. The Morgan fingerprint density at radius 1 is 1.00 bits per heavy atom. The lowest BCUT2D eigenvalue weighted by Crippen LogP contribution is -2.48. The Balaban J connectivity index is 1.19. The number of aryl methyl sites for hydroxylation is 1. The molecule has 1 aliphatic heterocycles. The summed E-state index contributed by atoms with van der Waals surface area (Å²) < 4.78 is 15.2. The molecule has 3 heterocycles. The van der Waals surface area contributed by atoms with Gasteiger partial charge in [-0.05, 0) is 30.7 Å². The maximum absolute atomic E-state index is 13.1. The maximum atomic E-state index is 13.1. The van der Waals surface area contributed by atoms with E-state index in [9.17, 15) is 9.18 Å². The summed E-state index contributed by atoms with van der Waals surface area (Å²) in [5, 5.41) is 2.09. The van der Waals surface area contributed by atoms with Crippen LogP contribution in [0.1, 0.15) is 12.1 Å². The smallest absolute Gasteiger partial charge is 0.223 e. The van der Waals surface area contributed by atoms with Crippen LogP contribution in [-0.2, 0) is 11.2 Å². The molecule has 1 aliphatic rings. The zero-order chi connectivity index (χ0) is 21.2. The number of halogens is 1. The van der Waals surface area contributed by atoms with E-state index in [1.165, 1.54) is 12.1 Å². The van der Waals surface area contributed by atoms with E-state index in [0.29, 0.717) is 25.9 Å². The molecule has 5 nitrogen and oxygen atoms in total. The van der Waals surface area contributed by atoms with Gasteiger partial charge in [0.15, 0.2) is 4.96 Å². The summed E-state index contributed by atoms with van der Waals surface area (Å²) in [6.07, 6.45) is 3.24. The van der Waals surface area contributed by atoms with Gasteiger partial charge in [0, 0.05) is 61.1 Å². The van der Waals surface area contributed by atoms with Crippen molar-refractivity contribution in [1.82, 2.24) is 14.3 Å². The van der Waals surface area contributed by atoms with Gasteiger partial charge < -0.3 is 9.80 Å². The number of carbonyl (C=O) groups is 1. The zero-order valence-corrected chi connectivity index (χ0v) is 17.9. The van der Waals surface area contributed by atoms with E-state index in [1.54, 1.807) is 23.5 Å². The van der Waals surface area contributed by atoms with Crippen LogP contribution in [0.4, 0.5) is 10.1 Å². The van der Waals surface area contributed by atoms with E-state index in [1.807, 2.05) is 23.1 Å². The Morgan fingerprint density at radius 3 is 2.48 bits per heavy atom. The highest BCUT2D eigenvalue weighted by Crippen LogP contribution is 2.24. The minimum atomic E-state index is -0.228. The van der Waals surface area contributed by atoms with Crippen LogP contribution in [0.15, 0.2) is 66.2 Å². The minimum Gasteiger partial charge on any atom is -0.368 e. The zero-order valence-electron chi connectivity index (χ0n) is 17.1. The summed E-state index contributed by atoms with van der Waals surface area (Å²) in [6, 6.07) is 16.7. The van der Waals surface area contributed by atoms with Crippen LogP contribution in [0, 0.1) is 5.82 Å². The van der Waals surface area contributed by atoms with Crippen molar-refractivity contribution in [3.8, 4) is 11.3 Å². The lowest BCUT2D eigenvalue weighted by atomic mass is 10.2. The van der Waals surface area contributed by atoms with Gasteiger partial charge in [0.05, 0.1) is 5.69 Å². The van der Waals surface area contributed by atoms with Crippen LogP contribution in [0.3, 0.4) is 0 Å². The first-order chi connectivity index (χ1) is 15.2. The second-order valence-electron chi connectivity index (χ2n) is 7.72. The van der Waals surface area contributed by atoms with Crippen molar-refractivity contribution in [1.29, 1.82) is 0 Å². The Hall–Kier alpha value is -3.19. The number of benzene rings is 2. The number of amides is 1. The molecular formula is C24H23FN4OS. The topological polar surface area (TPSA) is 40.9 Å². The highest BCUT2D eigenvalue weighted by atomic mass is 32.1. The summed E-state index contributed by atoms with van der Waals surface area (Å²) in [5.74, 6) is -0.0459. The lowest BCUT2D eigenvalue weighted by Gasteiger charge is -2.36. The van der Waals surface area contributed by atoms with Gasteiger partial charge in [0.25, 0.3) is 0 Å². The highest BCUT2D eigenvalue weighted by molar-refractivity contribution is 7.15. The average molecular weight is 435 g/mol. The molecule has 0 atom stereocenters. The minimum absolute atomic E-state index is 0.182. The number of thiazole rings is 1. The Kier molecular flexibility index (Phi) is 5.42. The van der Waals surface area contributed by atoms with Gasteiger partial charge in [0.1, 0.15) is 5.82 Å². The third kappa shape index (κ3) is 4.18. The number of fused-ring (bicyclic) bond motifs is 1. The average Bonchev–Trinajstić information content (AvgIpc) is 3.40. The predicted molar refractivity (Wildman–Crippen MR) is 122 cm³/mol. The molecule has 0 bridgehead atoms. The Morgan fingerprint density at radius 2 is 1.74 bits per heavy atom. The largest absolute Gasteiger partial charge is 0.368 e. The molecule has 1 fully saturated rings. The molecule has 0 unspecified atom stereocenters. The summed E-state index contributed by atoms with van der Waals surface area (Å²) in [4.78, 5) is 22.6. The van der Waals surface area contributed by atoms with Crippen LogP contribution in [0.2, 0.25) is 0 Å². The van der Waals surface area contributed by atoms with Gasteiger partial charge in [-0.2, -0.15) is 0 Å². The molecule has 0 aliphatic carbocycles. The molecule has 1 saturated heterocycles. The lowest BCUT2D eigenvalue weighted by molar-refractivity contribution is -0.131. The molecule has 4 aromatic rings. The fraction of sp³-hybridized carbons (Fsp3) is 0.250. The Bertz CT molecular complexity index is 1180. The fourth-order valence-electron chi connectivity index (χ4n) is 4.02. The monoisotopic (exact) mass is 434 g/mol. The van der Waals surface area contributed by atoms with Crippen molar-refractivity contribution in [2.45, 2.75) is 12.8 Å². The molecule has 0 spiro atoms. The van der Waals surface area contributed by atoms with E-state index >= 15 is 0 Å². The molecule has 0 N–H and O–H groups in total. The molecule has 5 rings (SSSR count). The quantitative estimate of drug-likeness (QED) is 0.465. The van der Waals surface area contributed by atoms with Crippen molar-refractivity contribution in [2.75, 3.05) is 31.1 Å². The SMILES string of the molecule is O=C(CCc1csc2nc(-c3ccccc3)cn12)N1CCN(c2ccc(F)cc2)CC1. The molecule has 2 aromatic heterocycles. The number of carbonyl (C=O) groups excluding carboxylic acids is 1. The number of imidazole rings is 1. The van der Waals surface area contributed by atoms with Crippen LogP contribution in [-0.4, -0.2) is 46.4 Å². The molecule has 1 amide bonds. The van der Waals surface area contributed by atoms with Gasteiger partial charge >= 0.3 is 0 Å². The molecule has 2 aromatic carbocycles. The number of rotatable bonds is 5. The first-order valence-electron chi connectivity index (χ1n) is 10.5. The summed E-state index contributed by atoms with van der Waals surface area (Å²) in [7, 11) is 0. The van der Waals surface area contributed by atoms with Gasteiger partial charge in [-0.25, -0.2) is 9.37 Å². The molecular weight excluding hydrogens is 411 g/mol. The highest BCUT2D eigenvalue weighted by Gasteiger charge is 2.21. The third-order valence-electron chi connectivity index (χ3n) is 5.77. The molecule has 0 saturated carbocycles. The summed E-state index contributed by atoms with van der Waals surface area (Å²) in [5.41, 5.74) is 4.17. The third-order valence-corrected chi connectivity index (χ3v) is 6.66. The van der Waals surface area contributed by atoms with E-state index in [-0.39, 0.29) is 11.7 Å². The number of aromatic nitrogens is 2. The molecule has 31 heavy (non-hydrogen) atoms. The van der Waals surface area contributed by atoms with E-state index in [0.717, 1.165) is 40.7 Å². The van der Waals surface area contributed by atoms with Crippen LogP contribution >= 0.6 is 11.3 Å². The number of anilines is 1. The van der Waals surface area contributed by atoms with Crippen molar-refractivity contribution in [3.63, 3.8) is 0 Å². The molecule has 0 radical (unpaired) electrons. The van der Waals surface area contributed by atoms with Gasteiger partial charge in [0.2, 0.25) is 5.91 Å². The van der Waals surface area contributed by atoms with Crippen molar-refractivity contribution < 1.29 is 9.18 Å². The number of hydrogen-bond acceptors (Lipinski definition) is 4.